The summed E-state index contributed by atoms with van der Waals surface area (Å²) in [6, 6.07) is 9.48. The van der Waals surface area contributed by atoms with Gasteiger partial charge in [-0.3, -0.25) is 4.57 Å². The zero-order valence-corrected chi connectivity index (χ0v) is 14.3. The first-order valence-electron chi connectivity index (χ1n) is 7.93. The Morgan fingerprint density at radius 3 is 2.52 bits per heavy atom. The minimum atomic E-state index is -2.96. The van der Waals surface area contributed by atoms with Gasteiger partial charge in [-0.2, -0.15) is 0 Å². The molecule has 0 aliphatic heterocycles. The Morgan fingerprint density at radius 2 is 1.95 bits per heavy atom. The van der Waals surface area contributed by atoms with Crippen LogP contribution in [0.4, 0.5) is 0 Å². The maximum atomic E-state index is 13.2. The summed E-state index contributed by atoms with van der Waals surface area (Å²) in [6.45, 7) is 10.5. The highest BCUT2D eigenvalue weighted by atomic mass is 31.2. The summed E-state index contributed by atoms with van der Waals surface area (Å²) in [5, 5.41) is 0.751. The van der Waals surface area contributed by atoms with Crippen LogP contribution < -0.4 is 5.30 Å². The van der Waals surface area contributed by atoms with E-state index in [1.165, 1.54) is 12.2 Å². The SMILES string of the molecule is C=C[P@@](=O)(O[C@@H]1C[C@H](C)CC[C@H]1C(C)C)c1ccccc1. The molecule has 1 fully saturated rings. The summed E-state index contributed by atoms with van der Waals surface area (Å²) >= 11 is 0. The summed E-state index contributed by atoms with van der Waals surface area (Å²) < 4.78 is 19.4. The molecule has 1 aliphatic rings. The molecule has 1 aromatic carbocycles. The Bertz CT molecular complexity index is 509. The van der Waals surface area contributed by atoms with Gasteiger partial charge in [-0.05, 0) is 48.5 Å². The van der Waals surface area contributed by atoms with Crippen molar-refractivity contribution >= 4 is 12.7 Å². The average Bonchev–Trinajstić information content (AvgIpc) is 2.47. The Morgan fingerprint density at radius 1 is 1.29 bits per heavy atom. The van der Waals surface area contributed by atoms with Crippen molar-refractivity contribution in [1.29, 1.82) is 0 Å². The highest BCUT2D eigenvalue weighted by molar-refractivity contribution is 7.70. The molecule has 4 atom stereocenters. The van der Waals surface area contributed by atoms with Crippen molar-refractivity contribution in [2.45, 2.75) is 46.1 Å². The summed E-state index contributed by atoms with van der Waals surface area (Å²) in [5.41, 5.74) is 0. The van der Waals surface area contributed by atoms with Gasteiger partial charge in [0.2, 0.25) is 0 Å². The van der Waals surface area contributed by atoms with Crippen molar-refractivity contribution in [3.63, 3.8) is 0 Å². The summed E-state index contributed by atoms with van der Waals surface area (Å²) in [7, 11) is -2.96. The van der Waals surface area contributed by atoms with E-state index >= 15 is 0 Å². The van der Waals surface area contributed by atoms with Crippen LogP contribution in [0.25, 0.3) is 0 Å². The van der Waals surface area contributed by atoms with Crippen LogP contribution in [0.15, 0.2) is 42.7 Å². The maximum absolute atomic E-state index is 13.2. The maximum Gasteiger partial charge on any atom is 0.253 e. The van der Waals surface area contributed by atoms with Gasteiger partial charge in [0.25, 0.3) is 7.37 Å². The fourth-order valence-electron chi connectivity index (χ4n) is 3.28. The molecular formula is C18H27O2P. The van der Waals surface area contributed by atoms with Crippen molar-refractivity contribution in [3.05, 3.63) is 42.7 Å². The number of rotatable bonds is 5. The smallest absolute Gasteiger partial charge is 0.253 e. The quantitative estimate of drug-likeness (QED) is 0.698. The third kappa shape index (κ3) is 3.87. The summed E-state index contributed by atoms with van der Waals surface area (Å²) in [4.78, 5) is 0. The van der Waals surface area contributed by atoms with Crippen molar-refractivity contribution in [1.82, 2.24) is 0 Å². The van der Waals surface area contributed by atoms with Crippen LogP contribution in [0.1, 0.15) is 40.0 Å². The zero-order chi connectivity index (χ0) is 15.5. The van der Waals surface area contributed by atoms with E-state index in [1.807, 2.05) is 30.3 Å². The molecular weight excluding hydrogens is 279 g/mol. The van der Waals surface area contributed by atoms with E-state index in [0.29, 0.717) is 17.8 Å². The highest BCUT2D eigenvalue weighted by Gasteiger charge is 2.36. The molecule has 3 heteroatoms. The van der Waals surface area contributed by atoms with Crippen LogP contribution in [-0.4, -0.2) is 6.10 Å². The van der Waals surface area contributed by atoms with Gasteiger partial charge in [-0.25, -0.2) is 0 Å². The van der Waals surface area contributed by atoms with Gasteiger partial charge in [-0.15, -0.1) is 0 Å². The Balaban J connectivity index is 2.23. The topological polar surface area (TPSA) is 26.3 Å². The molecule has 1 aliphatic carbocycles. The van der Waals surface area contributed by atoms with E-state index in [0.717, 1.165) is 18.1 Å². The Kier molecular flexibility index (Phi) is 5.46. The van der Waals surface area contributed by atoms with E-state index in [-0.39, 0.29) is 6.10 Å². The van der Waals surface area contributed by atoms with E-state index < -0.39 is 7.37 Å². The minimum Gasteiger partial charge on any atom is -0.319 e. The normalized spacial score (nSPS) is 29.0. The molecule has 0 saturated heterocycles. The average molecular weight is 306 g/mol. The predicted molar refractivity (Wildman–Crippen MR) is 90.1 cm³/mol. The third-order valence-electron chi connectivity index (χ3n) is 4.61. The van der Waals surface area contributed by atoms with E-state index in [4.69, 9.17) is 4.52 Å². The molecule has 0 unspecified atom stereocenters. The predicted octanol–water partition coefficient (Wildman–Crippen LogP) is 5.21. The van der Waals surface area contributed by atoms with Crippen molar-refractivity contribution < 1.29 is 9.09 Å². The largest absolute Gasteiger partial charge is 0.319 e. The monoisotopic (exact) mass is 306 g/mol. The van der Waals surface area contributed by atoms with Gasteiger partial charge in [0.1, 0.15) is 0 Å². The molecule has 0 heterocycles. The van der Waals surface area contributed by atoms with E-state index in [1.54, 1.807) is 0 Å². The van der Waals surface area contributed by atoms with Gasteiger partial charge in [0.15, 0.2) is 0 Å². The molecule has 1 aromatic rings. The summed E-state index contributed by atoms with van der Waals surface area (Å²) in [5.74, 6) is 3.19. The van der Waals surface area contributed by atoms with Gasteiger partial charge in [0, 0.05) is 5.30 Å². The van der Waals surface area contributed by atoms with E-state index in [9.17, 15) is 4.57 Å². The molecule has 2 nitrogen and oxygen atoms in total. The number of hydrogen-bond acceptors (Lipinski definition) is 2. The fraction of sp³-hybridized carbons (Fsp3) is 0.556. The first kappa shape index (κ1) is 16.5. The zero-order valence-electron chi connectivity index (χ0n) is 13.4. The molecule has 0 radical (unpaired) electrons. The standard InChI is InChI=1S/C18H27O2P/c1-5-21(19,16-9-7-6-8-10-16)20-18-13-15(4)11-12-17(18)14(2)3/h5-10,14-15,17-18H,1,11-13H2,2-4H3/t15-,17+,18-,21-/m1/s1. The second-order valence-electron chi connectivity index (χ2n) is 6.59. The van der Waals surface area contributed by atoms with E-state index in [2.05, 4.69) is 27.4 Å². The number of benzene rings is 1. The molecule has 21 heavy (non-hydrogen) atoms. The third-order valence-corrected chi connectivity index (χ3v) is 6.69. The summed E-state index contributed by atoms with van der Waals surface area (Å²) in [6.07, 6.45) is 3.47. The van der Waals surface area contributed by atoms with Crippen molar-refractivity contribution in [2.24, 2.45) is 17.8 Å². The lowest BCUT2D eigenvalue weighted by Gasteiger charge is -2.38. The lowest BCUT2D eigenvalue weighted by Crippen LogP contribution is -2.34. The lowest BCUT2D eigenvalue weighted by molar-refractivity contribution is 0.0512. The Labute approximate surface area is 129 Å². The first-order valence-corrected chi connectivity index (χ1v) is 9.63. The van der Waals surface area contributed by atoms with Gasteiger partial charge in [0.05, 0.1) is 6.10 Å². The van der Waals surface area contributed by atoms with Gasteiger partial charge >= 0.3 is 0 Å². The lowest BCUT2D eigenvalue weighted by atomic mass is 9.75. The van der Waals surface area contributed by atoms with Crippen LogP contribution in [0.2, 0.25) is 0 Å². The first-order chi connectivity index (χ1) is 9.96. The molecule has 2 rings (SSSR count). The van der Waals surface area contributed by atoms with Crippen LogP contribution in [0, 0.1) is 17.8 Å². The van der Waals surface area contributed by atoms with Crippen LogP contribution in [0.3, 0.4) is 0 Å². The second-order valence-corrected chi connectivity index (χ2v) is 8.87. The van der Waals surface area contributed by atoms with Crippen molar-refractivity contribution in [2.75, 3.05) is 0 Å². The molecule has 1 saturated carbocycles. The van der Waals surface area contributed by atoms with Crippen molar-refractivity contribution in [3.8, 4) is 0 Å². The van der Waals surface area contributed by atoms with Crippen LogP contribution >= 0.6 is 7.37 Å². The molecule has 0 bridgehead atoms. The molecule has 0 N–H and O–H groups in total. The molecule has 0 aromatic heterocycles. The van der Waals surface area contributed by atoms with Gasteiger partial charge in [-0.1, -0.05) is 52.0 Å². The molecule has 0 amide bonds. The second kappa shape index (κ2) is 6.94. The molecule has 0 spiro atoms. The fourth-order valence-corrected chi connectivity index (χ4v) is 4.93. The minimum absolute atomic E-state index is 0.0674. The number of hydrogen-bond donors (Lipinski definition) is 0. The van der Waals surface area contributed by atoms with Crippen LogP contribution in [0.5, 0.6) is 0 Å². The molecule has 116 valence electrons. The van der Waals surface area contributed by atoms with Crippen LogP contribution in [-0.2, 0) is 9.09 Å². The Hall–Kier alpha value is -0.850. The highest BCUT2D eigenvalue weighted by Crippen LogP contribution is 2.51. The van der Waals surface area contributed by atoms with Gasteiger partial charge < -0.3 is 4.52 Å².